The zero-order chi connectivity index (χ0) is 19.3. The first kappa shape index (κ1) is 19.4. The van der Waals surface area contributed by atoms with Gasteiger partial charge < -0.3 is 15.0 Å². The fourth-order valence-corrected chi connectivity index (χ4v) is 2.87. The molecule has 0 aliphatic rings. The lowest BCUT2D eigenvalue weighted by atomic mass is 10.1. The number of H-pyrrole nitrogens is 1. The molecule has 1 aromatic heterocycles. The molecule has 1 aromatic carbocycles. The van der Waals surface area contributed by atoms with Gasteiger partial charge in [-0.1, -0.05) is 30.3 Å². The molecule has 2 N–H and O–H groups in total. The second-order valence-corrected chi connectivity index (χ2v) is 6.26. The van der Waals surface area contributed by atoms with Crippen LogP contribution in [0, 0.1) is 13.8 Å². The molecule has 138 valence electrons. The summed E-state index contributed by atoms with van der Waals surface area (Å²) < 4.78 is 5.24. The quantitative estimate of drug-likeness (QED) is 0.590. The number of esters is 1. The third kappa shape index (κ3) is 4.59. The van der Waals surface area contributed by atoms with Gasteiger partial charge in [-0.15, -0.1) is 0 Å². The summed E-state index contributed by atoms with van der Waals surface area (Å²) in [7, 11) is 0. The van der Waals surface area contributed by atoms with Crippen LogP contribution < -0.4 is 5.32 Å². The van der Waals surface area contributed by atoms with E-state index in [1.54, 1.807) is 13.8 Å². The average molecular weight is 356 g/mol. The minimum Gasteiger partial charge on any atom is -0.448 e. The highest BCUT2D eigenvalue weighted by Gasteiger charge is 2.24. The zero-order valence-corrected chi connectivity index (χ0v) is 15.5. The normalized spacial score (nSPS) is 11.7. The molecular weight excluding hydrogens is 332 g/mol. The molecule has 0 spiro atoms. The van der Waals surface area contributed by atoms with Crippen molar-refractivity contribution in [1.82, 2.24) is 10.3 Å². The van der Waals surface area contributed by atoms with Crippen LogP contribution in [0.15, 0.2) is 30.3 Å². The summed E-state index contributed by atoms with van der Waals surface area (Å²) in [5, 5.41) is 2.76. The van der Waals surface area contributed by atoms with Gasteiger partial charge in [-0.3, -0.25) is 9.59 Å². The Bertz CT molecular complexity index is 809. The van der Waals surface area contributed by atoms with Crippen molar-refractivity contribution < 1.29 is 19.1 Å². The minimum atomic E-state index is -0.929. The van der Waals surface area contributed by atoms with E-state index in [1.165, 1.54) is 13.8 Å². The van der Waals surface area contributed by atoms with Gasteiger partial charge in [-0.2, -0.15) is 0 Å². The van der Waals surface area contributed by atoms with Gasteiger partial charge in [0.2, 0.25) is 0 Å². The van der Waals surface area contributed by atoms with Gasteiger partial charge in [0.25, 0.3) is 5.91 Å². The number of rotatable bonds is 7. The van der Waals surface area contributed by atoms with Crippen molar-refractivity contribution in [1.29, 1.82) is 0 Å². The maximum Gasteiger partial charge on any atom is 0.355 e. The Labute approximate surface area is 152 Å². The number of carbonyl (C=O) groups is 3. The van der Waals surface area contributed by atoms with E-state index in [1.807, 2.05) is 30.3 Å². The molecule has 6 heteroatoms. The average Bonchev–Trinajstić information content (AvgIpc) is 2.90. The number of hydrogen-bond acceptors (Lipinski definition) is 4. The molecule has 0 saturated heterocycles. The lowest BCUT2D eigenvalue weighted by molar-refractivity contribution is -0.129. The highest BCUT2D eigenvalue weighted by Crippen LogP contribution is 2.19. The maximum atomic E-state index is 12.3. The molecule has 1 atom stereocenters. The molecule has 2 rings (SSSR count). The molecule has 2 aromatic rings. The first-order valence-corrected chi connectivity index (χ1v) is 8.54. The molecule has 0 unspecified atom stereocenters. The van der Waals surface area contributed by atoms with E-state index in [9.17, 15) is 14.4 Å². The third-order valence-electron chi connectivity index (χ3n) is 4.20. The standard InChI is InChI=1S/C20H24N2O4/c1-12-17(14(3)23)13(2)22-18(12)20(25)26-15(4)19(24)21-11-10-16-8-6-5-7-9-16/h5-9,15,22H,10-11H2,1-4H3,(H,21,24)/t15-/m0/s1. The number of aromatic nitrogens is 1. The monoisotopic (exact) mass is 356 g/mol. The zero-order valence-electron chi connectivity index (χ0n) is 15.5. The second kappa shape index (κ2) is 8.47. The third-order valence-corrected chi connectivity index (χ3v) is 4.20. The summed E-state index contributed by atoms with van der Waals surface area (Å²) >= 11 is 0. The fourth-order valence-electron chi connectivity index (χ4n) is 2.87. The molecule has 6 nitrogen and oxygen atoms in total. The summed E-state index contributed by atoms with van der Waals surface area (Å²) in [4.78, 5) is 39.0. The number of aryl methyl sites for hydroxylation is 1. The number of aromatic amines is 1. The van der Waals surface area contributed by atoms with E-state index in [2.05, 4.69) is 10.3 Å². The van der Waals surface area contributed by atoms with E-state index in [0.717, 1.165) is 5.56 Å². The van der Waals surface area contributed by atoms with Crippen molar-refractivity contribution in [3.63, 3.8) is 0 Å². The van der Waals surface area contributed by atoms with Crippen LogP contribution in [0.5, 0.6) is 0 Å². The molecule has 26 heavy (non-hydrogen) atoms. The summed E-state index contributed by atoms with van der Waals surface area (Å²) in [6, 6.07) is 9.79. The number of benzene rings is 1. The van der Waals surface area contributed by atoms with Crippen LogP contribution in [-0.2, 0) is 16.0 Å². The Kier molecular flexibility index (Phi) is 6.33. The number of hydrogen-bond donors (Lipinski definition) is 2. The summed E-state index contributed by atoms with van der Waals surface area (Å²) in [6.45, 7) is 6.83. The first-order valence-electron chi connectivity index (χ1n) is 8.54. The summed E-state index contributed by atoms with van der Waals surface area (Å²) in [5.74, 6) is -1.13. The van der Waals surface area contributed by atoms with Crippen LogP contribution in [0.25, 0.3) is 0 Å². The second-order valence-electron chi connectivity index (χ2n) is 6.26. The predicted octanol–water partition coefficient (Wildman–Crippen LogP) is 2.74. The lowest BCUT2D eigenvalue weighted by Crippen LogP contribution is -2.37. The van der Waals surface area contributed by atoms with Gasteiger partial charge in [0.15, 0.2) is 11.9 Å². The van der Waals surface area contributed by atoms with Gasteiger partial charge in [0.05, 0.1) is 0 Å². The molecule has 1 amide bonds. The minimum absolute atomic E-state index is 0.123. The lowest BCUT2D eigenvalue weighted by Gasteiger charge is -2.13. The molecular formula is C20H24N2O4. The molecule has 0 bridgehead atoms. The van der Waals surface area contributed by atoms with Crippen LogP contribution >= 0.6 is 0 Å². The number of nitrogens with one attached hydrogen (secondary N) is 2. The highest BCUT2D eigenvalue weighted by molar-refractivity contribution is 6.01. The topological polar surface area (TPSA) is 88.3 Å². The van der Waals surface area contributed by atoms with E-state index in [-0.39, 0.29) is 17.4 Å². The molecule has 0 saturated carbocycles. The maximum absolute atomic E-state index is 12.3. The van der Waals surface area contributed by atoms with Gasteiger partial charge in [-0.05, 0) is 45.2 Å². The Balaban J connectivity index is 1.91. The van der Waals surface area contributed by atoms with Crippen molar-refractivity contribution in [2.24, 2.45) is 0 Å². The van der Waals surface area contributed by atoms with Crippen molar-refractivity contribution in [2.75, 3.05) is 6.54 Å². The van der Waals surface area contributed by atoms with Gasteiger partial charge in [0, 0.05) is 17.8 Å². The van der Waals surface area contributed by atoms with Crippen LogP contribution in [-0.4, -0.2) is 35.3 Å². The Morgan fingerprint density at radius 2 is 1.81 bits per heavy atom. The van der Waals surface area contributed by atoms with Crippen molar-refractivity contribution in [3.05, 3.63) is 58.4 Å². The van der Waals surface area contributed by atoms with Crippen molar-refractivity contribution in [2.45, 2.75) is 40.2 Å². The Morgan fingerprint density at radius 1 is 1.15 bits per heavy atom. The van der Waals surface area contributed by atoms with Crippen LogP contribution in [0.1, 0.15) is 51.5 Å². The fraction of sp³-hybridized carbons (Fsp3) is 0.350. The van der Waals surface area contributed by atoms with E-state index < -0.39 is 12.1 Å². The van der Waals surface area contributed by atoms with Crippen molar-refractivity contribution in [3.8, 4) is 0 Å². The highest BCUT2D eigenvalue weighted by atomic mass is 16.5. The smallest absolute Gasteiger partial charge is 0.355 e. The predicted molar refractivity (Wildman–Crippen MR) is 98.3 cm³/mol. The van der Waals surface area contributed by atoms with E-state index in [0.29, 0.717) is 29.8 Å². The van der Waals surface area contributed by atoms with E-state index in [4.69, 9.17) is 4.74 Å². The Hall–Kier alpha value is -2.89. The first-order chi connectivity index (χ1) is 12.3. The molecule has 1 heterocycles. The summed E-state index contributed by atoms with van der Waals surface area (Å²) in [5.41, 5.74) is 2.96. The SMILES string of the molecule is CC(=O)c1c(C)[nH]c(C(=O)O[C@@H](C)C(=O)NCCc2ccccc2)c1C. The largest absolute Gasteiger partial charge is 0.448 e. The van der Waals surface area contributed by atoms with Gasteiger partial charge >= 0.3 is 5.97 Å². The Morgan fingerprint density at radius 3 is 2.38 bits per heavy atom. The number of carbonyl (C=O) groups excluding carboxylic acids is 3. The van der Waals surface area contributed by atoms with E-state index >= 15 is 0 Å². The van der Waals surface area contributed by atoms with Crippen LogP contribution in [0.3, 0.4) is 0 Å². The van der Waals surface area contributed by atoms with Gasteiger partial charge in [0.1, 0.15) is 5.69 Å². The number of ketones is 1. The molecule has 0 radical (unpaired) electrons. The molecule has 0 fully saturated rings. The molecule has 0 aliphatic heterocycles. The molecule has 0 aliphatic carbocycles. The number of Topliss-reactive ketones (excluding diaryl/α,β-unsaturated/α-hetero) is 1. The number of amides is 1. The van der Waals surface area contributed by atoms with Crippen LogP contribution in [0.2, 0.25) is 0 Å². The van der Waals surface area contributed by atoms with Gasteiger partial charge in [-0.25, -0.2) is 4.79 Å². The number of ether oxygens (including phenoxy) is 1. The summed E-state index contributed by atoms with van der Waals surface area (Å²) in [6.07, 6.45) is -0.230. The van der Waals surface area contributed by atoms with Crippen molar-refractivity contribution >= 4 is 17.7 Å². The van der Waals surface area contributed by atoms with Crippen LogP contribution in [0.4, 0.5) is 0 Å².